The average Bonchev–Trinajstić information content (AvgIpc) is 3.34. The van der Waals surface area contributed by atoms with Crippen LogP contribution >= 0.6 is 0 Å². The summed E-state index contributed by atoms with van der Waals surface area (Å²) in [5, 5.41) is 0. The fourth-order valence-electron chi connectivity index (χ4n) is 5.90. The molecule has 3 fully saturated rings. The topological polar surface area (TPSA) is 38.7 Å². The Morgan fingerprint density at radius 3 is 2.28 bits per heavy atom. The van der Waals surface area contributed by atoms with Gasteiger partial charge in [-0.1, -0.05) is 18.6 Å². The highest BCUT2D eigenvalue weighted by Gasteiger charge is 2.30. The number of anilines is 2. The van der Waals surface area contributed by atoms with Crippen LogP contribution in [0.4, 0.5) is 11.5 Å². The summed E-state index contributed by atoms with van der Waals surface area (Å²) in [4.78, 5) is 19.7. The minimum atomic E-state index is 0.856. The van der Waals surface area contributed by atoms with E-state index in [0.29, 0.717) is 0 Å². The fourth-order valence-corrected chi connectivity index (χ4v) is 5.90. The van der Waals surface area contributed by atoms with Crippen molar-refractivity contribution in [2.24, 2.45) is 0 Å². The van der Waals surface area contributed by atoms with Crippen LogP contribution in [0.2, 0.25) is 0 Å². The molecule has 0 unspecified atom stereocenters. The maximum Gasteiger partial charge on any atom is 0.135 e. The minimum absolute atomic E-state index is 0.856. The zero-order valence-electron chi connectivity index (χ0n) is 19.3. The van der Waals surface area contributed by atoms with Crippen LogP contribution < -0.4 is 9.80 Å². The number of rotatable bonds is 5. The molecular weight excluding hydrogens is 396 g/mol. The molecule has 3 aliphatic heterocycles. The Hall–Kier alpha value is -2.18. The van der Waals surface area contributed by atoms with E-state index in [1.807, 2.05) is 0 Å². The average molecular weight is 433 g/mol. The van der Waals surface area contributed by atoms with Gasteiger partial charge >= 0.3 is 0 Å². The predicted molar refractivity (Wildman–Crippen MR) is 129 cm³/mol. The molecule has 0 N–H and O–H groups in total. The monoisotopic (exact) mass is 432 g/mol. The first-order valence-corrected chi connectivity index (χ1v) is 12.7. The molecule has 1 saturated carbocycles. The van der Waals surface area contributed by atoms with Gasteiger partial charge in [-0.3, -0.25) is 9.80 Å². The third kappa shape index (κ3) is 4.11. The lowest BCUT2D eigenvalue weighted by Gasteiger charge is -2.43. The Balaban J connectivity index is 1.09. The molecule has 1 aliphatic carbocycles. The Morgan fingerprint density at radius 2 is 1.56 bits per heavy atom. The maximum absolute atomic E-state index is 4.75. The van der Waals surface area contributed by atoms with Crippen LogP contribution in [-0.4, -0.2) is 71.6 Å². The molecule has 1 aromatic carbocycles. The Kier molecular flexibility index (Phi) is 5.74. The lowest BCUT2D eigenvalue weighted by Crippen LogP contribution is -2.52. The van der Waals surface area contributed by atoms with Crippen molar-refractivity contribution in [3.63, 3.8) is 0 Å². The molecule has 0 radical (unpaired) electrons. The van der Waals surface area contributed by atoms with Crippen molar-refractivity contribution in [3.8, 4) is 0 Å². The van der Waals surface area contributed by atoms with Gasteiger partial charge in [-0.15, -0.1) is 0 Å². The second kappa shape index (κ2) is 8.99. The molecule has 0 atom stereocenters. The van der Waals surface area contributed by atoms with E-state index >= 15 is 0 Å². The van der Waals surface area contributed by atoms with Crippen LogP contribution in [0.5, 0.6) is 0 Å². The van der Waals surface area contributed by atoms with Crippen molar-refractivity contribution in [2.45, 2.75) is 57.7 Å². The molecule has 6 heteroatoms. The summed E-state index contributed by atoms with van der Waals surface area (Å²) in [5.74, 6) is 1.21. The molecule has 0 spiro atoms. The van der Waals surface area contributed by atoms with Gasteiger partial charge in [-0.25, -0.2) is 9.97 Å². The van der Waals surface area contributed by atoms with Gasteiger partial charge in [0.25, 0.3) is 0 Å². The maximum atomic E-state index is 4.75. The molecule has 2 aromatic rings. The largest absolute Gasteiger partial charge is 0.372 e. The number of nitrogens with zero attached hydrogens (tertiary/aromatic N) is 6. The molecular formula is C26H36N6. The van der Waals surface area contributed by atoms with E-state index < -0.39 is 0 Å². The molecule has 1 aromatic heterocycles. The van der Waals surface area contributed by atoms with E-state index in [1.165, 1.54) is 86.6 Å². The Bertz CT molecular complexity index is 910. The van der Waals surface area contributed by atoms with E-state index in [4.69, 9.17) is 9.97 Å². The first-order chi connectivity index (χ1) is 15.8. The fraction of sp³-hybridized carbons (Fsp3) is 0.615. The molecule has 2 saturated heterocycles. The molecule has 4 aliphatic rings. The number of fused-ring (bicyclic) bond motifs is 1. The third-order valence-corrected chi connectivity index (χ3v) is 8.08. The number of aromatic nitrogens is 2. The van der Waals surface area contributed by atoms with Crippen LogP contribution in [0, 0.1) is 0 Å². The van der Waals surface area contributed by atoms with Crippen LogP contribution in [0.25, 0.3) is 0 Å². The van der Waals surface area contributed by atoms with Gasteiger partial charge in [0.1, 0.15) is 12.1 Å². The molecule has 32 heavy (non-hydrogen) atoms. The number of hydrogen-bond donors (Lipinski definition) is 0. The van der Waals surface area contributed by atoms with E-state index in [2.05, 4.69) is 43.9 Å². The SMILES string of the molecule is c1nc2c(c(N3CCN(C4CCC4)CC3)n1)CCN(Cc1ccc(N3CCCC3)cc1)C2. The van der Waals surface area contributed by atoms with Crippen molar-refractivity contribution in [1.82, 2.24) is 19.8 Å². The normalized spacial score (nSPS) is 22.8. The molecule has 0 amide bonds. The second-order valence-electron chi connectivity index (χ2n) is 10.1. The van der Waals surface area contributed by atoms with Gasteiger partial charge in [0, 0.05) is 76.2 Å². The highest BCUT2D eigenvalue weighted by molar-refractivity contribution is 5.50. The van der Waals surface area contributed by atoms with E-state index in [0.717, 1.165) is 45.2 Å². The van der Waals surface area contributed by atoms with Crippen molar-refractivity contribution < 1.29 is 0 Å². The third-order valence-electron chi connectivity index (χ3n) is 8.08. The molecule has 0 bridgehead atoms. The van der Waals surface area contributed by atoms with Crippen molar-refractivity contribution in [1.29, 1.82) is 0 Å². The Labute approximate surface area is 192 Å². The standard InChI is InChI=1S/C26H36N6/c1-2-12-30(11-1)23-8-6-21(7-9-23)18-29-13-10-24-25(19-29)27-20-28-26(24)32-16-14-31(15-17-32)22-4-3-5-22/h6-9,20,22H,1-5,10-19H2. The zero-order chi connectivity index (χ0) is 21.3. The van der Waals surface area contributed by atoms with Gasteiger partial charge in [0.15, 0.2) is 0 Å². The molecule has 170 valence electrons. The van der Waals surface area contributed by atoms with Crippen LogP contribution in [0.1, 0.15) is 48.9 Å². The summed E-state index contributed by atoms with van der Waals surface area (Å²) < 4.78 is 0. The molecule has 4 heterocycles. The number of benzene rings is 1. The smallest absolute Gasteiger partial charge is 0.135 e. The van der Waals surface area contributed by atoms with Crippen LogP contribution in [-0.2, 0) is 19.5 Å². The first kappa shape index (κ1) is 20.4. The van der Waals surface area contributed by atoms with Crippen molar-refractivity contribution >= 4 is 11.5 Å². The second-order valence-corrected chi connectivity index (χ2v) is 10.1. The molecule has 6 nitrogen and oxygen atoms in total. The highest BCUT2D eigenvalue weighted by atomic mass is 15.3. The lowest BCUT2D eigenvalue weighted by molar-refractivity contribution is 0.120. The van der Waals surface area contributed by atoms with Gasteiger partial charge in [-0.05, 0) is 49.8 Å². The van der Waals surface area contributed by atoms with E-state index in [9.17, 15) is 0 Å². The number of piperazine rings is 1. The summed E-state index contributed by atoms with van der Waals surface area (Å²) in [6.45, 7) is 10.0. The van der Waals surface area contributed by atoms with E-state index in [-0.39, 0.29) is 0 Å². The van der Waals surface area contributed by atoms with Crippen LogP contribution in [0.15, 0.2) is 30.6 Å². The lowest BCUT2D eigenvalue weighted by atomic mass is 9.91. The summed E-state index contributed by atoms with van der Waals surface area (Å²) >= 11 is 0. The van der Waals surface area contributed by atoms with Crippen LogP contribution in [0.3, 0.4) is 0 Å². The zero-order valence-corrected chi connectivity index (χ0v) is 19.3. The van der Waals surface area contributed by atoms with Gasteiger partial charge < -0.3 is 9.80 Å². The van der Waals surface area contributed by atoms with Gasteiger partial charge in [0.2, 0.25) is 0 Å². The minimum Gasteiger partial charge on any atom is -0.372 e. The quantitative estimate of drug-likeness (QED) is 0.722. The summed E-state index contributed by atoms with van der Waals surface area (Å²) in [6.07, 6.45) is 9.73. The predicted octanol–water partition coefficient (Wildman–Crippen LogP) is 3.31. The first-order valence-electron chi connectivity index (χ1n) is 12.7. The van der Waals surface area contributed by atoms with Gasteiger partial charge in [-0.2, -0.15) is 0 Å². The Morgan fingerprint density at radius 1 is 0.781 bits per heavy atom. The van der Waals surface area contributed by atoms with Crippen molar-refractivity contribution in [2.75, 3.05) is 55.6 Å². The number of hydrogen-bond acceptors (Lipinski definition) is 6. The summed E-state index contributed by atoms with van der Waals surface area (Å²) in [5.41, 5.74) is 5.41. The summed E-state index contributed by atoms with van der Waals surface area (Å²) in [6, 6.07) is 10.1. The molecule has 6 rings (SSSR count). The van der Waals surface area contributed by atoms with Crippen molar-refractivity contribution in [3.05, 3.63) is 47.4 Å². The van der Waals surface area contributed by atoms with E-state index in [1.54, 1.807) is 6.33 Å². The summed E-state index contributed by atoms with van der Waals surface area (Å²) in [7, 11) is 0. The van der Waals surface area contributed by atoms with Gasteiger partial charge in [0.05, 0.1) is 5.69 Å². The highest BCUT2D eigenvalue weighted by Crippen LogP contribution is 2.30.